The molecule has 2 nitrogen and oxygen atoms in total. The number of carbonyl (C=O) groups is 1. The molecule has 2 heteroatoms. The van der Waals surface area contributed by atoms with Crippen LogP contribution in [0.1, 0.15) is 52.4 Å². The molecule has 0 amide bonds. The minimum atomic E-state index is 0.306. The van der Waals surface area contributed by atoms with Crippen LogP contribution >= 0.6 is 0 Å². The molecular formula is C13H25NO. The van der Waals surface area contributed by atoms with Crippen LogP contribution in [-0.2, 0) is 4.79 Å². The standard InChI is InChI=1S/C13H25NO/c1-3-5-6-11(4-2)9-12-10-14-8-7-13(12)15/h11-12,14H,3-10H2,1-2H3. The van der Waals surface area contributed by atoms with Crippen molar-refractivity contribution in [2.75, 3.05) is 13.1 Å². The highest BCUT2D eigenvalue weighted by Gasteiger charge is 2.24. The van der Waals surface area contributed by atoms with Crippen LogP contribution in [0.4, 0.5) is 0 Å². The highest BCUT2D eigenvalue weighted by atomic mass is 16.1. The van der Waals surface area contributed by atoms with Gasteiger partial charge in [0.05, 0.1) is 0 Å². The Morgan fingerprint density at radius 1 is 1.47 bits per heavy atom. The van der Waals surface area contributed by atoms with Crippen LogP contribution in [0, 0.1) is 11.8 Å². The quantitative estimate of drug-likeness (QED) is 0.732. The SMILES string of the molecule is CCCCC(CC)CC1CNCCC1=O. The van der Waals surface area contributed by atoms with Crippen molar-refractivity contribution in [3.63, 3.8) is 0 Å². The number of rotatable bonds is 6. The molecule has 0 aromatic heterocycles. The highest BCUT2D eigenvalue weighted by Crippen LogP contribution is 2.23. The first-order valence-electron chi connectivity index (χ1n) is 6.51. The smallest absolute Gasteiger partial charge is 0.138 e. The van der Waals surface area contributed by atoms with Gasteiger partial charge in [-0.25, -0.2) is 0 Å². The van der Waals surface area contributed by atoms with Crippen molar-refractivity contribution in [1.82, 2.24) is 5.32 Å². The van der Waals surface area contributed by atoms with Crippen molar-refractivity contribution in [1.29, 1.82) is 0 Å². The molecule has 0 radical (unpaired) electrons. The minimum Gasteiger partial charge on any atom is -0.316 e. The second-order valence-corrected chi connectivity index (χ2v) is 4.77. The molecular weight excluding hydrogens is 186 g/mol. The van der Waals surface area contributed by atoms with E-state index in [-0.39, 0.29) is 0 Å². The second-order valence-electron chi connectivity index (χ2n) is 4.77. The van der Waals surface area contributed by atoms with E-state index in [4.69, 9.17) is 0 Å². The topological polar surface area (TPSA) is 29.1 Å². The first-order valence-corrected chi connectivity index (χ1v) is 6.51. The van der Waals surface area contributed by atoms with Crippen LogP contribution in [0.25, 0.3) is 0 Å². The number of Topliss-reactive ketones (excluding diaryl/α,β-unsaturated/α-hetero) is 1. The zero-order chi connectivity index (χ0) is 11.1. The first-order chi connectivity index (χ1) is 7.27. The number of hydrogen-bond donors (Lipinski definition) is 1. The lowest BCUT2D eigenvalue weighted by molar-refractivity contribution is -0.124. The number of nitrogens with one attached hydrogen (secondary N) is 1. The average molecular weight is 211 g/mol. The molecule has 1 fully saturated rings. The summed E-state index contributed by atoms with van der Waals surface area (Å²) < 4.78 is 0. The number of ketones is 1. The Balaban J connectivity index is 2.32. The number of piperidine rings is 1. The van der Waals surface area contributed by atoms with E-state index in [0.717, 1.165) is 31.8 Å². The van der Waals surface area contributed by atoms with Crippen LogP contribution in [-0.4, -0.2) is 18.9 Å². The molecule has 0 aromatic rings. The summed E-state index contributed by atoms with van der Waals surface area (Å²) in [5.41, 5.74) is 0. The fourth-order valence-corrected chi connectivity index (χ4v) is 2.40. The number of unbranched alkanes of at least 4 members (excludes halogenated alkanes) is 1. The van der Waals surface area contributed by atoms with Crippen LogP contribution in [0.3, 0.4) is 0 Å². The summed E-state index contributed by atoms with van der Waals surface area (Å²) >= 11 is 0. The molecule has 88 valence electrons. The number of carbonyl (C=O) groups excluding carboxylic acids is 1. The van der Waals surface area contributed by atoms with E-state index in [9.17, 15) is 4.79 Å². The lowest BCUT2D eigenvalue weighted by Crippen LogP contribution is -2.37. The van der Waals surface area contributed by atoms with E-state index in [2.05, 4.69) is 19.2 Å². The molecule has 1 rings (SSSR count). The summed E-state index contributed by atoms with van der Waals surface area (Å²) in [6.45, 7) is 6.30. The third-order valence-electron chi connectivity index (χ3n) is 3.56. The van der Waals surface area contributed by atoms with Gasteiger partial charge in [-0.05, 0) is 12.3 Å². The maximum atomic E-state index is 11.7. The summed E-state index contributed by atoms with van der Waals surface area (Å²) in [6.07, 6.45) is 6.97. The van der Waals surface area contributed by atoms with E-state index >= 15 is 0 Å². The molecule has 1 N–H and O–H groups in total. The van der Waals surface area contributed by atoms with Crippen LogP contribution < -0.4 is 5.32 Å². The Morgan fingerprint density at radius 3 is 2.87 bits per heavy atom. The van der Waals surface area contributed by atoms with Gasteiger partial charge in [0.1, 0.15) is 5.78 Å². The van der Waals surface area contributed by atoms with E-state index in [1.165, 1.54) is 25.7 Å². The Morgan fingerprint density at radius 2 is 2.27 bits per heavy atom. The molecule has 0 saturated carbocycles. The monoisotopic (exact) mass is 211 g/mol. The van der Waals surface area contributed by atoms with Gasteiger partial charge in [0.15, 0.2) is 0 Å². The maximum Gasteiger partial charge on any atom is 0.138 e. The van der Waals surface area contributed by atoms with E-state index in [0.29, 0.717) is 11.7 Å². The summed E-state index contributed by atoms with van der Waals surface area (Å²) in [5, 5.41) is 3.33. The molecule has 0 aliphatic carbocycles. The van der Waals surface area contributed by atoms with Gasteiger partial charge in [-0.1, -0.05) is 39.5 Å². The molecule has 2 atom stereocenters. The predicted octanol–water partition coefficient (Wildman–Crippen LogP) is 2.77. The van der Waals surface area contributed by atoms with Crippen molar-refractivity contribution >= 4 is 5.78 Å². The molecule has 1 heterocycles. The van der Waals surface area contributed by atoms with E-state index in [1.807, 2.05) is 0 Å². The van der Waals surface area contributed by atoms with Gasteiger partial charge in [0.2, 0.25) is 0 Å². The molecule has 0 bridgehead atoms. The van der Waals surface area contributed by atoms with Crippen LogP contribution in [0.5, 0.6) is 0 Å². The summed E-state index contributed by atoms with van der Waals surface area (Å²) in [7, 11) is 0. The molecule has 0 aromatic carbocycles. The first kappa shape index (κ1) is 12.7. The average Bonchev–Trinajstić information content (AvgIpc) is 2.26. The van der Waals surface area contributed by atoms with Crippen molar-refractivity contribution in [3.8, 4) is 0 Å². The number of hydrogen-bond acceptors (Lipinski definition) is 2. The Hall–Kier alpha value is -0.370. The van der Waals surface area contributed by atoms with Gasteiger partial charge in [0.25, 0.3) is 0 Å². The van der Waals surface area contributed by atoms with Gasteiger partial charge in [-0.3, -0.25) is 4.79 Å². The van der Waals surface area contributed by atoms with Gasteiger partial charge in [-0.15, -0.1) is 0 Å². The zero-order valence-corrected chi connectivity index (χ0v) is 10.2. The van der Waals surface area contributed by atoms with Crippen LogP contribution in [0.15, 0.2) is 0 Å². The zero-order valence-electron chi connectivity index (χ0n) is 10.2. The normalized spacial score (nSPS) is 24.1. The van der Waals surface area contributed by atoms with Crippen molar-refractivity contribution in [2.24, 2.45) is 11.8 Å². The highest BCUT2D eigenvalue weighted by molar-refractivity contribution is 5.82. The van der Waals surface area contributed by atoms with E-state index < -0.39 is 0 Å². The van der Waals surface area contributed by atoms with Gasteiger partial charge < -0.3 is 5.32 Å². The molecule has 1 aliphatic rings. The van der Waals surface area contributed by atoms with Crippen molar-refractivity contribution < 1.29 is 4.79 Å². The third kappa shape index (κ3) is 4.33. The lowest BCUT2D eigenvalue weighted by atomic mass is 9.84. The largest absolute Gasteiger partial charge is 0.316 e. The van der Waals surface area contributed by atoms with Gasteiger partial charge in [0, 0.05) is 25.4 Å². The predicted molar refractivity (Wildman–Crippen MR) is 63.9 cm³/mol. The van der Waals surface area contributed by atoms with Crippen LogP contribution in [0.2, 0.25) is 0 Å². The minimum absolute atomic E-state index is 0.306. The Bertz CT molecular complexity index is 191. The Kier molecular flexibility index (Phi) is 5.92. The molecule has 15 heavy (non-hydrogen) atoms. The Labute approximate surface area is 93.8 Å². The fraction of sp³-hybridized carbons (Fsp3) is 0.923. The second kappa shape index (κ2) is 7.00. The fourth-order valence-electron chi connectivity index (χ4n) is 2.40. The summed E-state index contributed by atoms with van der Waals surface area (Å²) in [6, 6.07) is 0. The summed E-state index contributed by atoms with van der Waals surface area (Å²) in [5.74, 6) is 1.56. The maximum absolute atomic E-state index is 11.7. The van der Waals surface area contributed by atoms with E-state index in [1.54, 1.807) is 0 Å². The summed E-state index contributed by atoms with van der Waals surface area (Å²) in [4.78, 5) is 11.7. The third-order valence-corrected chi connectivity index (χ3v) is 3.56. The molecule has 0 spiro atoms. The molecule has 1 saturated heterocycles. The molecule has 2 unspecified atom stereocenters. The van der Waals surface area contributed by atoms with Crippen molar-refractivity contribution in [2.45, 2.75) is 52.4 Å². The van der Waals surface area contributed by atoms with Crippen molar-refractivity contribution in [3.05, 3.63) is 0 Å². The van der Waals surface area contributed by atoms with Gasteiger partial charge >= 0.3 is 0 Å². The lowest BCUT2D eigenvalue weighted by Gasteiger charge is -2.25. The molecule has 1 aliphatic heterocycles. The van der Waals surface area contributed by atoms with Gasteiger partial charge in [-0.2, -0.15) is 0 Å².